The first-order chi connectivity index (χ1) is 12.1. The minimum absolute atomic E-state index is 0.0602. The van der Waals surface area contributed by atoms with E-state index in [4.69, 9.17) is 10.00 Å². The van der Waals surface area contributed by atoms with Crippen molar-refractivity contribution < 1.29 is 18.7 Å². The molecule has 1 atom stereocenters. The Labute approximate surface area is 144 Å². The van der Waals surface area contributed by atoms with Gasteiger partial charge in [-0.25, -0.2) is 9.18 Å². The number of nitrogens with zero attached hydrogens (tertiary/aromatic N) is 1. The minimum Gasteiger partial charge on any atom is -0.445 e. The van der Waals surface area contributed by atoms with Gasteiger partial charge in [0.2, 0.25) is 5.91 Å². The number of rotatable bonds is 6. The fraction of sp³-hybridized carbons (Fsp3) is 0.167. The fourth-order valence-corrected chi connectivity index (χ4v) is 2.03. The molecule has 0 unspecified atom stereocenters. The van der Waals surface area contributed by atoms with Gasteiger partial charge in [0.25, 0.3) is 0 Å². The molecule has 0 saturated carbocycles. The monoisotopic (exact) mass is 341 g/mol. The van der Waals surface area contributed by atoms with Crippen LogP contribution in [0.15, 0.2) is 54.6 Å². The molecule has 0 saturated heterocycles. The van der Waals surface area contributed by atoms with Gasteiger partial charge < -0.3 is 15.4 Å². The van der Waals surface area contributed by atoms with E-state index < -0.39 is 23.9 Å². The Bertz CT molecular complexity index is 775. The smallest absolute Gasteiger partial charge is 0.407 e. The van der Waals surface area contributed by atoms with Crippen LogP contribution in [-0.4, -0.2) is 18.5 Å². The van der Waals surface area contributed by atoms with Crippen LogP contribution in [0.3, 0.4) is 0 Å². The van der Waals surface area contributed by atoms with Gasteiger partial charge in [0, 0.05) is 5.56 Å². The molecule has 0 spiro atoms. The summed E-state index contributed by atoms with van der Waals surface area (Å²) in [5.74, 6) is -1.23. The predicted octanol–water partition coefficient (Wildman–Crippen LogP) is 2.43. The Balaban J connectivity index is 1.78. The van der Waals surface area contributed by atoms with Crippen molar-refractivity contribution in [3.8, 4) is 6.07 Å². The third-order valence-corrected chi connectivity index (χ3v) is 3.26. The van der Waals surface area contributed by atoms with Gasteiger partial charge in [0.1, 0.15) is 25.0 Å². The molecule has 2 aromatic carbocycles. The lowest BCUT2D eigenvalue weighted by molar-refractivity contribution is -0.120. The number of benzene rings is 2. The van der Waals surface area contributed by atoms with Gasteiger partial charge in [-0.1, -0.05) is 48.5 Å². The topological polar surface area (TPSA) is 91.2 Å². The van der Waals surface area contributed by atoms with E-state index in [1.54, 1.807) is 18.2 Å². The molecule has 2 aromatic rings. The summed E-state index contributed by atoms with van der Waals surface area (Å²) in [7, 11) is 0. The summed E-state index contributed by atoms with van der Waals surface area (Å²) in [5.41, 5.74) is 0.871. The fourth-order valence-electron chi connectivity index (χ4n) is 2.03. The van der Waals surface area contributed by atoms with Crippen LogP contribution in [0.4, 0.5) is 9.18 Å². The van der Waals surface area contributed by atoms with Crippen LogP contribution in [0.25, 0.3) is 0 Å². The second-order valence-corrected chi connectivity index (χ2v) is 5.07. The summed E-state index contributed by atoms with van der Waals surface area (Å²) in [6.45, 7) is -0.315. The van der Waals surface area contributed by atoms with Crippen molar-refractivity contribution in [1.82, 2.24) is 10.6 Å². The molecule has 0 radical (unpaired) electrons. The van der Waals surface area contributed by atoms with E-state index in [9.17, 15) is 14.0 Å². The maximum absolute atomic E-state index is 13.7. The van der Waals surface area contributed by atoms with Crippen molar-refractivity contribution in [2.75, 3.05) is 6.54 Å². The zero-order valence-electron chi connectivity index (χ0n) is 13.2. The van der Waals surface area contributed by atoms with Crippen molar-refractivity contribution in [1.29, 1.82) is 5.26 Å². The van der Waals surface area contributed by atoms with Crippen LogP contribution < -0.4 is 10.6 Å². The highest BCUT2D eigenvalue weighted by molar-refractivity contribution is 5.82. The highest BCUT2D eigenvalue weighted by Gasteiger charge is 2.17. The van der Waals surface area contributed by atoms with E-state index >= 15 is 0 Å². The first-order valence-electron chi connectivity index (χ1n) is 7.48. The molecule has 0 heterocycles. The van der Waals surface area contributed by atoms with Crippen LogP contribution in [0.2, 0.25) is 0 Å². The molecule has 2 N–H and O–H groups in total. The molecule has 0 fully saturated rings. The zero-order chi connectivity index (χ0) is 18.1. The van der Waals surface area contributed by atoms with E-state index in [0.29, 0.717) is 0 Å². The number of halogens is 1. The number of carbonyl (C=O) groups is 2. The Morgan fingerprint density at radius 2 is 1.80 bits per heavy atom. The number of nitriles is 1. The molecule has 0 aliphatic heterocycles. The summed E-state index contributed by atoms with van der Waals surface area (Å²) in [6, 6.07) is 15.4. The van der Waals surface area contributed by atoms with Crippen LogP contribution in [0.1, 0.15) is 17.2 Å². The predicted molar refractivity (Wildman–Crippen MR) is 87.5 cm³/mol. The maximum atomic E-state index is 13.7. The van der Waals surface area contributed by atoms with Crippen LogP contribution in [-0.2, 0) is 16.1 Å². The number of ether oxygens (including phenoxy) is 1. The largest absolute Gasteiger partial charge is 0.445 e. The van der Waals surface area contributed by atoms with Crippen LogP contribution >= 0.6 is 0 Å². The second kappa shape index (κ2) is 9.03. The Kier molecular flexibility index (Phi) is 6.48. The van der Waals surface area contributed by atoms with Crippen molar-refractivity contribution in [2.24, 2.45) is 0 Å². The van der Waals surface area contributed by atoms with Crippen molar-refractivity contribution in [2.45, 2.75) is 12.6 Å². The van der Waals surface area contributed by atoms with Crippen LogP contribution in [0, 0.1) is 17.1 Å². The SMILES string of the molecule is N#C[C@H](NC(=O)CNC(=O)OCc1ccccc1)c1ccccc1F. The molecule has 2 amide bonds. The van der Waals surface area contributed by atoms with E-state index in [1.807, 2.05) is 24.3 Å². The summed E-state index contributed by atoms with van der Waals surface area (Å²) in [4.78, 5) is 23.4. The molecule has 0 aliphatic rings. The molecular weight excluding hydrogens is 325 g/mol. The molecule has 0 aromatic heterocycles. The summed E-state index contributed by atoms with van der Waals surface area (Å²) in [5, 5.41) is 13.7. The summed E-state index contributed by atoms with van der Waals surface area (Å²) < 4.78 is 18.6. The Hall–Kier alpha value is -3.40. The average Bonchev–Trinajstić information content (AvgIpc) is 2.64. The average molecular weight is 341 g/mol. The molecule has 0 bridgehead atoms. The van der Waals surface area contributed by atoms with Crippen LogP contribution in [0.5, 0.6) is 0 Å². The summed E-state index contributed by atoms with van der Waals surface area (Å²) >= 11 is 0. The van der Waals surface area contributed by atoms with E-state index in [2.05, 4.69) is 10.6 Å². The van der Waals surface area contributed by atoms with Gasteiger partial charge in [-0.2, -0.15) is 5.26 Å². The molecule has 128 valence electrons. The second-order valence-electron chi connectivity index (χ2n) is 5.07. The third-order valence-electron chi connectivity index (χ3n) is 3.26. The highest BCUT2D eigenvalue weighted by atomic mass is 19.1. The lowest BCUT2D eigenvalue weighted by Crippen LogP contribution is -2.38. The van der Waals surface area contributed by atoms with E-state index in [0.717, 1.165) is 5.56 Å². The molecule has 6 nitrogen and oxygen atoms in total. The normalized spacial score (nSPS) is 11.0. The van der Waals surface area contributed by atoms with Crippen molar-refractivity contribution in [3.05, 3.63) is 71.5 Å². The van der Waals surface area contributed by atoms with Gasteiger partial charge in [-0.3, -0.25) is 4.79 Å². The van der Waals surface area contributed by atoms with Gasteiger partial charge in [-0.15, -0.1) is 0 Å². The van der Waals surface area contributed by atoms with Gasteiger partial charge in [0.15, 0.2) is 0 Å². The molecular formula is C18H16FN3O3. The van der Waals surface area contributed by atoms with Gasteiger partial charge in [-0.05, 0) is 11.6 Å². The van der Waals surface area contributed by atoms with Gasteiger partial charge >= 0.3 is 6.09 Å². The first-order valence-corrected chi connectivity index (χ1v) is 7.48. The number of carbonyl (C=O) groups excluding carboxylic acids is 2. The van der Waals surface area contributed by atoms with E-state index in [1.165, 1.54) is 18.2 Å². The quantitative estimate of drug-likeness (QED) is 0.844. The van der Waals surface area contributed by atoms with E-state index in [-0.39, 0.29) is 18.7 Å². The standard InChI is InChI=1S/C18H16FN3O3/c19-15-9-5-4-8-14(15)16(10-20)22-17(23)11-21-18(24)25-12-13-6-2-1-3-7-13/h1-9,16H,11-12H2,(H,21,24)(H,22,23)/t16-/m0/s1. The number of amides is 2. The third kappa shape index (κ3) is 5.62. The van der Waals surface area contributed by atoms with Crippen molar-refractivity contribution in [3.63, 3.8) is 0 Å². The molecule has 25 heavy (non-hydrogen) atoms. The lowest BCUT2D eigenvalue weighted by Gasteiger charge is -2.13. The lowest BCUT2D eigenvalue weighted by atomic mass is 10.1. The molecule has 0 aliphatic carbocycles. The number of hydrogen-bond acceptors (Lipinski definition) is 4. The number of alkyl carbamates (subject to hydrolysis) is 1. The number of hydrogen-bond donors (Lipinski definition) is 2. The maximum Gasteiger partial charge on any atom is 0.407 e. The minimum atomic E-state index is -1.14. The zero-order valence-corrected chi connectivity index (χ0v) is 13.2. The number of nitrogens with one attached hydrogen (secondary N) is 2. The molecule has 7 heteroatoms. The first kappa shape index (κ1) is 17.9. The Morgan fingerprint density at radius 3 is 2.48 bits per heavy atom. The summed E-state index contributed by atoms with van der Waals surface area (Å²) in [6.07, 6.45) is -0.765. The molecule has 2 rings (SSSR count). The highest BCUT2D eigenvalue weighted by Crippen LogP contribution is 2.15. The van der Waals surface area contributed by atoms with Crippen molar-refractivity contribution >= 4 is 12.0 Å². The Morgan fingerprint density at radius 1 is 1.12 bits per heavy atom. The van der Waals surface area contributed by atoms with Gasteiger partial charge in [0.05, 0.1) is 6.07 Å².